The van der Waals surface area contributed by atoms with Crippen molar-refractivity contribution in [2.45, 2.75) is 66.0 Å². The lowest BCUT2D eigenvalue weighted by molar-refractivity contribution is -0.171. The summed E-state index contributed by atoms with van der Waals surface area (Å²) < 4.78 is 16.5. The Kier molecular flexibility index (Phi) is 10.5. The first kappa shape index (κ1) is 24.7. The van der Waals surface area contributed by atoms with Gasteiger partial charge in [-0.2, -0.15) is 0 Å². The van der Waals surface area contributed by atoms with E-state index < -0.39 is 48.2 Å². The van der Waals surface area contributed by atoms with Gasteiger partial charge in [-0.1, -0.05) is 26.0 Å². The molecule has 0 aromatic rings. The Hall–Kier alpha value is -2.28. The van der Waals surface area contributed by atoms with E-state index in [9.17, 15) is 19.2 Å². The van der Waals surface area contributed by atoms with Crippen molar-refractivity contribution >= 4 is 23.5 Å². The van der Waals surface area contributed by atoms with Crippen molar-refractivity contribution in [2.75, 3.05) is 0 Å². The molecule has 0 spiro atoms. The van der Waals surface area contributed by atoms with E-state index in [1.54, 1.807) is 13.8 Å². The molecule has 0 heterocycles. The van der Waals surface area contributed by atoms with Crippen LogP contribution in [0.25, 0.3) is 0 Å². The fourth-order valence-corrected chi connectivity index (χ4v) is 2.47. The SMILES string of the molecule is C=CC(OC(C=C)C(OC(C)=O)C(C)C(C)=O)C(OC(C)=O)C(C)C(C)=O. The molecule has 0 radical (unpaired) electrons. The third kappa shape index (κ3) is 7.86. The summed E-state index contributed by atoms with van der Waals surface area (Å²) in [6.45, 7) is 15.8. The van der Waals surface area contributed by atoms with E-state index >= 15 is 0 Å². The zero-order valence-corrected chi connectivity index (χ0v) is 16.9. The molecular weight excluding hydrogens is 352 g/mol. The van der Waals surface area contributed by atoms with Gasteiger partial charge in [-0.25, -0.2) is 0 Å². The molecular formula is C20H30O7. The minimum Gasteiger partial charge on any atom is -0.459 e. The summed E-state index contributed by atoms with van der Waals surface area (Å²) in [6.07, 6.45) is -0.822. The van der Waals surface area contributed by atoms with E-state index in [2.05, 4.69) is 13.2 Å². The molecule has 7 nitrogen and oxygen atoms in total. The molecule has 0 N–H and O–H groups in total. The predicted octanol–water partition coefficient (Wildman–Crippen LogP) is 2.43. The Bertz CT molecular complexity index is 531. The molecule has 7 heteroatoms. The fraction of sp³-hybridized carbons (Fsp3) is 0.600. The van der Waals surface area contributed by atoms with E-state index in [0.29, 0.717) is 0 Å². The van der Waals surface area contributed by atoms with Crippen LogP contribution in [0.3, 0.4) is 0 Å². The molecule has 0 saturated carbocycles. The molecule has 27 heavy (non-hydrogen) atoms. The average Bonchev–Trinajstić information content (AvgIpc) is 2.57. The Morgan fingerprint density at radius 3 is 1.19 bits per heavy atom. The van der Waals surface area contributed by atoms with Crippen LogP contribution in [-0.4, -0.2) is 47.9 Å². The van der Waals surface area contributed by atoms with Gasteiger partial charge in [0.1, 0.15) is 36.0 Å². The van der Waals surface area contributed by atoms with Gasteiger partial charge in [-0.05, 0) is 13.8 Å². The molecule has 0 bridgehead atoms. The molecule has 0 aliphatic heterocycles. The lowest BCUT2D eigenvalue weighted by Crippen LogP contribution is -2.46. The van der Waals surface area contributed by atoms with Crippen LogP contribution in [0.4, 0.5) is 0 Å². The number of ketones is 2. The topological polar surface area (TPSA) is 96.0 Å². The number of carbonyl (C=O) groups is 4. The van der Waals surface area contributed by atoms with Crippen LogP contribution in [0, 0.1) is 11.8 Å². The molecule has 0 saturated heterocycles. The molecule has 0 aliphatic rings. The highest BCUT2D eigenvalue weighted by Gasteiger charge is 2.37. The van der Waals surface area contributed by atoms with Crippen LogP contribution in [-0.2, 0) is 33.4 Å². The zero-order valence-electron chi connectivity index (χ0n) is 16.9. The number of esters is 2. The largest absolute Gasteiger partial charge is 0.459 e. The van der Waals surface area contributed by atoms with Crippen molar-refractivity contribution in [3.8, 4) is 0 Å². The molecule has 0 amide bonds. The van der Waals surface area contributed by atoms with Gasteiger partial charge in [-0.3, -0.25) is 19.2 Å². The maximum absolute atomic E-state index is 11.8. The first-order valence-electron chi connectivity index (χ1n) is 8.72. The highest BCUT2D eigenvalue weighted by atomic mass is 16.6. The second-order valence-electron chi connectivity index (χ2n) is 6.48. The molecule has 0 aromatic carbocycles. The van der Waals surface area contributed by atoms with Gasteiger partial charge >= 0.3 is 11.9 Å². The van der Waals surface area contributed by atoms with Gasteiger partial charge in [0.05, 0.1) is 11.8 Å². The number of Topliss-reactive ketones (excluding diaryl/α,β-unsaturated/α-hetero) is 2. The third-order valence-corrected chi connectivity index (χ3v) is 4.30. The van der Waals surface area contributed by atoms with Crippen molar-refractivity contribution in [3.05, 3.63) is 25.3 Å². The molecule has 152 valence electrons. The fourth-order valence-electron chi connectivity index (χ4n) is 2.47. The smallest absolute Gasteiger partial charge is 0.303 e. The van der Waals surface area contributed by atoms with Crippen molar-refractivity contribution < 1.29 is 33.4 Å². The van der Waals surface area contributed by atoms with Crippen LogP contribution < -0.4 is 0 Å². The number of hydrogen-bond acceptors (Lipinski definition) is 7. The van der Waals surface area contributed by atoms with Gasteiger partial charge in [0.15, 0.2) is 0 Å². The third-order valence-electron chi connectivity index (χ3n) is 4.30. The summed E-state index contributed by atoms with van der Waals surface area (Å²) >= 11 is 0. The summed E-state index contributed by atoms with van der Waals surface area (Å²) in [4.78, 5) is 46.6. The molecule has 0 aliphatic carbocycles. The molecule has 0 aromatic heterocycles. The Balaban J connectivity index is 5.75. The minimum atomic E-state index is -0.925. The summed E-state index contributed by atoms with van der Waals surface area (Å²) in [5, 5.41) is 0. The Labute approximate surface area is 160 Å². The van der Waals surface area contributed by atoms with E-state index in [1.165, 1.54) is 39.8 Å². The number of ether oxygens (including phenoxy) is 3. The van der Waals surface area contributed by atoms with Crippen LogP contribution in [0.15, 0.2) is 25.3 Å². The van der Waals surface area contributed by atoms with Gasteiger partial charge in [0.25, 0.3) is 0 Å². The first-order valence-corrected chi connectivity index (χ1v) is 8.72. The number of carbonyl (C=O) groups excluding carboxylic acids is 4. The normalized spacial score (nSPS) is 17.4. The summed E-state index contributed by atoms with van der Waals surface area (Å²) in [6, 6.07) is 0. The first-order chi connectivity index (χ1) is 12.5. The van der Waals surface area contributed by atoms with Crippen LogP contribution in [0.5, 0.6) is 0 Å². The lowest BCUT2D eigenvalue weighted by atomic mass is 9.93. The summed E-state index contributed by atoms with van der Waals surface area (Å²) in [7, 11) is 0. The number of hydrogen-bond donors (Lipinski definition) is 0. The molecule has 6 atom stereocenters. The maximum Gasteiger partial charge on any atom is 0.303 e. The molecule has 0 fully saturated rings. The van der Waals surface area contributed by atoms with Gasteiger partial charge in [-0.15, -0.1) is 13.2 Å². The lowest BCUT2D eigenvalue weighted by Gasteiger charge is -2.34. The second kappa shape index (κ2) is 11.4. The maximum atomic E-state index is 11.8. The van der Waals surface area contributed by atoms with Gasteiger partial charge in [0.2, 0.25) is 0 Å². The standard InChI is InChI=1S/C20H30O7/c1-9-17(19(25-15(7)23)11(3)13(5)21)27-18(10-2)20(26-16(8)24)12(4)14(6)22/h9-12,17-20H,1-2H2,3-8H3. The monoisotopic (exact) mass is 382 g/mol. The average molecular weight is 382 g/mol. The zero-order chi connectivity index (χ0) is 21.3. The summed E-state index contributed by atoms with van der Waals surface area (Å²) in [5.41, 5.74) is 0. The van der Waals surface area contributed by atoms with Crippen molar-refractivity contribution in [1.82, 2.24) is 0 Å². The highest BCUT2D eigenvalue weighted by Crippen LogP contribution is 2.23. The van der Waals surface area contributed by atoms with E-state index in [1.807, 2.05) is 0 Å². The van der Waals surface area contributed by atoms with Crippen molar-refractivity contribution in [3.63, 3.8) is 0 Å². The number of rotatable bonds is 12. The minimum absolute atomic E-state index is 0.194. The highest BCUT2D eigenvalue weighted by molar-refractivity contribution is 5.79. The van der Waals surface area contributed by atoms with E-state index in [-0.39, 0.29) is 11.6 Å². The van der Waals surface area contributed by atoms with E-state index in [4.69, 9.17) is 14.2 Å². The van der Waals surface area contributed by atoms with Crippen LogP contribution in [0.2, 0.25) is 0 Å². The summed E-state index contributed by atoms with van der Waals surface area (Å²) in [5.74, 6) is -2.85. The van der Waals surface area contributed by atoms with Crippen molar-refractivity contribution in [1.29, 1.82) is 0 Å². The van der Waals surface area contributed by atoms with Gasteiger partial charge in [0, 0.05) is 13.8 Å². The van der Waals surface area contributed by atoms with E-state index in [0.717, 1.165) is 0 Å². The molecule has 0 rings (SSSR count). The predicted molar refractivity (Wildman–Crippen MR) is 99.9 cm³/mol. The quantitative estimate of drug-likeness (QED) is 0.378. The van der Waals surface area contributed by atoms with Gasteiger partial charge < -0.3 is 14.2 Å². The van der Waals surface area contributed by atoms with Crippen molar-refractivity contribution in [2.24, 2.45) is 11.8 Å². The second-order valence-corrected chi connectivity index (χ2v) is 6.48. The van der Waals surface area contributed by atoms with Crippen LogP contribution >= 0.6 is 0 Å². The van der Waals surface area contributed by atoms with Crippen LogP contribution in [0.1, 0.15) is 41.5 Å². The Morgan fingerprint density at radius 1 is 0.704 bits per heavy atom. The Morgan fingerprint density at radius 2 is 1.00 bits per heavy atom. The molecule has 6 unspecified atom stereocenters.